The molecule has 0 fully saturated rings. The first-order valence-electron chi connectivity index (χ1n) is 8.07. The average molecular weight is 296 g/mol. The summed E-state index contributed by atoms with van der Waals surface area (Å²) >= 11 is 0. The van der Waals surface area contributed by atoms with Crippen LogP contribution in [-0.2, 0) is 4.74 Å². The van der Waals surface area contributed by atoms with E-state index in [9.17, 15) is 4.79 Å². The quantitative estimate of drug-likeness (QED) is 0.499. The van der Waals surface area contributed by atoms with Gasteiger partial charge in [0, 0.05) is 0 Å². The number of hydrogen-bond donors (Lipinski definition) is 0. The van der Waals surface area contributed by atoms with E-state index in [1.54, 1.807) is 0 Å². The van der Waals surface area contributed by atoms with E-state index in [1.165, 1.54) is 12.8 Å². The van der Waals surface area contributed by atoms with Crippen molar-refractivity contribution in [3.8, 4) is 11.1 Å². The summed E-state index contributed by atoms with van der Waals surface area (Å²) in [5.74, 6) is -0.233. The van der Waals surface area contributed by atoms with Crippen LogP contribution in [0.25, 0.3) is 11.1 Å². The fraction of sp³-hybridized carbons (Fsp3) is 0.350. The molecular formula is C20H24O2. The molecule has 2 aromatic carbocycles. The highest BCUT2D eigenvalue weighted by Crippen LogP contribution is 2.20. The molecule has 0 amide bonds. The van der Waals surface area contributed by atoms with Crippen LogP contribution in [0.1, 0.15) is 49.9 Å². The van der Waals surface area contributed by atoms with Crippen LogP contribution in [-0.4, -0.2) is 12.1 Å². The Morgan fingerprint density at radius 1 is 0.955 bits per heavy atom. The van der Waals surface area contributed by atoms with Crippen molar-refractivity contribution in [1.82, 2.24) is 0 Å². The lowest BCUT2D eigenvalue weighted by Crippen LogP contribution is -2.14. The number of hydrogen-bond acceptors (Lipinski definition) is 2. The summed E-state index contributed by atoms with van der Waals surface area (Å²) in [5, 5.41) is 0. The Morgan fingerprint density at radius 2 is 1.59 bits per heavy atom. The van der Waals surface area contributed by atoms with Crippen molar-refractivity contribution in [2.75, 3.05) is 0 Å². The summed E-state index contributed by atoms with van der Waals surface area (Å²) in [5.41, 5.74) is 2.87. The molecule has 0 saturated carbocycles. The van der Waals surface area contributed by atoms with Gasteiger partial charge in [0.25, 0.3) is 0 Å². The highest BCUT2D eigenvalue weighted by Gasteiger charge is 2.11. The van der Waals surface area contributed by atoms with E-state index in [0.717, 1.165) is 24.0 Å². The average Bonchev–Trinajstić information content (AvgIpc) is 2.56. The Kier molecular flexibility index (Phi) is 6.20. The Morgan fingerprint density at radius 3 is 2.23 bits per heavy atom. The van der Waals surface area contributed by atoms with Gasteiger partial charge in [-0.15, -0.1) is 0 Å². The van der Waals surface area contributed by atoms with Gasteiger partial charge < -0.3 is 4.74 Å². The van der Waals surface area contributed by atoms with Crippen LogP contribution in [0, 0.1) is 0 Å². The summed E-state index contributed by atoms with van der Waals surface area (Å²) in [6, 6.07) is 17.7. The predicted molar refractivity (Wildman–Crippen MR) is 90.9 cm³/mol. The molecule has 0 bridgehead atoms. The van der Waals surface area contributed by atoms with Crippen LogP contribution in [0.2, 0.25) is 0 Å². The number of carbonyl (C=O) groups is 1. The van der Waals surface area contributed by atoms with Gasteiger partial charge in [0.1, 0.15) is 0 Å². The van der Waals surface area contributed by atoms with Crippen molar-refractivity contribution in [3.63, 3.8) is 0 Å². The van der Waals surface area contributed by atoms with E-state index in [2.05, 4.69) is 19.1 Å². The minimum atomic E-state index is -0.233. The van der Waals surface area contributed by atoms with Crippen molar-refractivity contribution in [2.45, 2.75) is 45.6 Å². The Labute approximate surface area is 133 Å². The van der Waals surface area contributed by atoms with Gasteiger partial charge in [-0.25, -0.2) is 4.79 Å². The molecule has 0 aliphatic rings. The van der Waals surface area contributed by atoms with Gasteiger partial charge in [0.05, 0.1) is 11.7 Å². The lowest BCUT2D eigenvalue weighted by Gasteiger charge is -2.13. The normalized spacial score (nSPS) is 11.9. The van der Waals surface area contributed by atoms with Crippen LogP contribution in [0.15, 0.2) is 54.6 Å². The molecule has 0 radical (unpaired) electrons. The Hall–Kier alpha value is -2.09. The molecule has 2 nitrogen and oxygen atoms in total. The molecule has 116 valence electrons. The maximum Gasteiger partial charge on any atom is 0.338 e. The first-order chi connectivity index (χ1) is 10.7. The zero-order valence-corrected chi connectivity index (χ0v) is 13.4. The van der Waals surface area contributed by atoms with E-state index in [4.69, 9.17) is 4.74 Å². The van der Waals surface area contributed by atoms with Gasteiger partial charge in [-0.1, -0.05) is 62.2 Å². The first-order valence-corrected chi connectivity index (χ1v) is 8.07. The molecule has 2 rings (SSSR count). The van der Waals surface area contributed by atoms with Crippen molar-refractivity contribution in [1.29, 1.82) is 0 Å². The second-order valence-corrected chi connectivity index (χ2v) is 5.66. The van der Waals surface area contributed by atoms with E-state index in [0.29, 0.717) is 5.56 Å². The molecule has 0 unspecified atom stereocenters. The van der Waals surface area contributed by atoms with Gasteiger partial charge in [-0.2, -0.15) is 0 Å². The zero-order chi connectivity index (χ0) is 15.8. The number of rotatable bonds is 7. The Balaban J connectivity index is 1.94. The van der Waals surface area contributed by atoms with Crippen molar-refractivity contribution >= 4 is 5.97 Å². The standard InChI is InChI=1S/C20H24O2/c1-3-4-6-9-16(2)22-20(21)19-14-12-18(13-15-19)17-10-7-5-8-11-17/h5,7-8,10-16H,3-4,6,9H2,1-2H3/t16-/m1/s1. The lowest BCUT2D eigenvalue weighted by atomic mass is 10.0. The predicted octanol–water partition coefficient (Wildman–Crippen LogP) is 5.48. The molecule has 2 aromatic rings. The van der Waals surface area contributed by atoms with E-state index < -0.39 is 0 Å². The summed E-state index contributed by atoms with van der Waals surface area (Å²) in [6.45, 7) is 4.14. The molecule has 0 heterocycles. The molecule has 1 atom stereocenters. The van der Waals surface area contributed by atoms with Gasteiger partial charge in [-0.3, -0.25) is 0 Å². The van der Waals surface area contributed by atoms with Gasteiger partial charge >= 0.3 is 5.97 Å². The number of unbranched alkanes of at least 4 members (excludes halogenated alkanes) is 2. The number of carbonyl (C=O) groups excluding carboxylic acids is 1. The highest BCUT2D eigenvalue weighted by molar-refractivity contribution is 5.90. The first kappa shape index (κ1) is 16.3. The second-order valence-electron chi connectivity index (χ2n) is 5.66. The minimum absolute atomic E-state index is 0.0205. The van der Waals surface area contributed by atoms with E-state index >= 15 is 0 Å². The molecular weight excluding hydrogens is 272 g/mol. The van der Waals surface area contributed by atoms with Crippen molar-refractivity contribution < 1.29 is 9.53 Å². The molecule has 2 heteroatoms. The topological polar surface area (TPSA) is 26.3 Å². The monoisotopic (exact) mass is 296 g/mol. The van der Waals surface area contributed by atoms with Crippen molar-refractivity contribution in [2.24, 2.45) is 0 Å². The summed E-state index contributed by atoms with van der Waals surface area (Å²) < 4.78 is 5.49. The fourth-order valence-electron chi connectivity index (χ4n) is 2.42. The lowest BCUT2D eigenvalue weighted by molar-refractivity contribution is 0.0319. The van der Waals surface area contributed by atoms with Crippen LogP contribution < -0.4 is 0 Å². The number of ether oxygens (including phenoxy) is 1. The minimum Gasteiger partial charge on any atom is -0.459 e. The fourth-order valence-corrected chi connectivity index (χ4v) is 2.42. The van der Waals surface area contributed by atoms with Gasteiger partial charge in [0.2, 0.25) is 0 Å². The van der Waals surface area contributed by atoms with Crippen LogP contribution in [0.4, 0.5) is 0 Å². The molecule has 0 aliphatic carbocycles. The SMILES string of the molecule is CCCCC[C@@H](C)OC(=O)c1ccc(-c2ccccc2)cc1. The molecule has 0 saturated heterocycles. The number of esters is 1. The molecule has 22 heavy (non-hydrogen) atoms. The smallest absolute Gasteiger partial charge is 0.338 e. The van der Waals surface area contributed by atoms with Crippen LogP contribution >= 0.6 is 0 Å². The van der Waals surface area contributed by atoms with Crippen LogP contribution in [0.5, 0.6) is 0 Å². The molecule has 0 aromatic heterocycles. The summed E-state index contributed by atoms with van der Waals surface area (Å²) in [4.78, 5) is 12.1. The third-order valence-corrected chi connectivity index (χ3v) is 3.75. The number of benzene rings is 2. The Bertz CT molecular complexity index is 572. The highest BCUT2D eigenvalue weighted by atomic mass is 16.5. The van der Waals surface area contributed by atoms with E-state index in [1.807, 2.05) is 49.4 Å². The molecule has 0 N–H and O–H groups in total. The maximum atomic E-state index is 12.1. The summed E-state index contributed by atoms with van der Waals surface area (Å²) in [6.07, 6.45) is 4.39. The third-order valence-electron chi connectivity index (χ3n) is 3.75. The zero-order valence-electron chi connectivity index (χ0n) is 13.4. The summed E-state index contributed by atoms with van der Waals surface area (Å²) in [7, 11) is 0. The van der Waals surface area contributed by atoms with Gasteiger partial charge in [0.15, 0.2) is 0 Å². The largest absolute Gasteiger partial charge is 0.459 e. The van der Waals surface area contributed by atoms with Crippen LogP contribution in [0.3, 0.4) is 0 Å². The molecule has 0 aliphatic heterocycles. The van der Waals surface area contributed by atoms with Crippen molar-refractivity contribution in [3.05, 3.63) is 60.2 Å². The van der Waals surface area contributed by atoms with Gasteiger partial charge in [-0.05, 0) is 43.0 Å². The molecule has 0 spiro atoms. The van der Waals surface area contributed by atoms with E-state index in [-0.39, 0.29) is 12.1 Å². The second kappa shape index (κ2) is 8.38. The maximum absolute atomic E-state index is 12.1. The third kappa shape index (κ3) is 4.73.